The molecule has 0 spiro atoms. The Morgan fingerprint density at radius 2 is 1.00 bits per heavy atom. The molecule has 0 saturated heterocycles. The molecule has 0 bridgehead atoms. The first-order chi connectivity index (χ1) is 27.1. The Labute approximate surface area is 330 Å². The topological polar surface area (TPSA) is 318 Å². The van der Waals surface area contributed by atoms with E-state index in [0.717, 1.165) is 38.5 Å². The van der Waals surface area contributed by atoms with Gasteiger partial charge in [-0.1, -0.05) is 32.1 Å². The van der Waals surface area contributed by atoms with Crippen molar-refractivity contribution in [2.45, 2.75) is 133 Å². The normalized spacial score (nSPS) is 12.9. The summed E-state index contributed by atoms with van der Waals surface area (Å²) in [6, 6.07) is 1.11. The van der Waals surface area contributed by atoms with Crippen LogP contribution in [0.15, 0.2) is 24.3 Å². The highest BCUT2D eigenvalue weighted by molar-refractivity contribution is 5.88. The van der Waals surface area contributed by atoms with Gasteiger partial charge >= 0.3 is 23.9 Å². The number of rotatable bonds is 33. The Hall–Kier alpha value is -5.59. The minimum Gasteiger partial charge on any atom is -0.494 e. The van der Waals surface area contributed by atoms with Crippen LogP contribution in [0.3, 0.4) is 0 Å². The fourth-order valence-corrected chi connectivity index (χ4v) is 5.42. The molecule has 19 nitrogen and oxygen atoms in total. The summed E-state index contributed by atoms with van der Waals surface area (Å²) in [5.41, 5.74) is 5.63. The van der Waals surface area contributed by atoms with Crippen LogP contribution >= 0.6 is 0 Å². The molecule has 0 aliphatic carbocycles. The number of amides is 4. The molecule has 0 aliphatic rings. The molecule has 0 heterocycles. The van der Waals surface area contributed by atoms with Crippen LogP contribution in [0.25, 0.3) is 0 Å². The van der Waals surface area contributed by atoms with Crippen molar-refractivity contribution in [3.8, 4) is 5.75 Å². The minimum absolute atomic E-state index is 0.0862. The van der Waals surface area contributed by atoms with Crippen LogP contribution in [-0.4, -0.2) is 112 Å². The Balaban J connectivity index is 2.32. The summed E-state index contributed by atoms with van der Waals surface area (Å²) in [4.78, 5) is 106. The van der Waals surface area contributed by atoms with E-state index in [1.165, 1.54) is 12.1 Å². The number of aromatic carboxylic acids is 1. The summed E-state index contributed by atoms with van der Waals surface area (Å²) in [5, 5.41) is 46.9. The van der Waals surface area contributed by atoms with Gasteiger partial charge in [-0.2, -0.15) is 0 Å². The van der Waals surface area contributed by atoms with E-state index in [1.54, 1.807) is 18.4 Å². The third-order valence-corrected chi connectivity index (χ3v) is 8.71. The predicted molar refractivity (Wildman–Crippen MR) is 203 cm³/mol. The molecule has 1 rings (SSSR count). The van der Waals surface area contributed by atoms with Crippen molar-refractivity contribution in [3.05, 3.63) is 29.8 Å². The first kappa shape index (κ1) is 49.4. The molecule has 4 amide bonds. The van der Waals surface area contributed by atoms with Gasteiger partial charge in [0.1, 0.15) is 23.9 Å². The molecule has 317 valence electrons. The average molecular weight is 807 g/mol. The molecular weight excluding hydrogens is 750 g/mol. The number of carboxylic acid groups (broad SMARTS) is 4. The third-order valence-electron chi connectivity index (χ3n) is 8.71. The molecule has 0 aliphatic heterocycles. The summed E-state index contributed by atoms with van der Waals surface area (Å²) in [6.07, 6.45) is 6.97. The Morgan fingerprint density at radius 1 is 0.561 bits per heavy atom. The zero-order valence-electron chi connectivity index (χ0n) is 32.0. The molecule has 1 radical (unpaired) electrons. The second-order valence-electron chi connectivity index (χ2n) is 13.5. The van der Waals surface area contributed by atoms with Crippen LogP contribution in [0.5, 0.6) is 5.75 Å². The Kier molecular flexibility index (Phi) is 24.9. The summed E-state index contributed by atoms with van der Waals surface area (Å²) >= 11 is 0. The first-order valence-electron chi connectivity index (χ1n) is 19.1. The molecule has 1 unspecified atom stereocenters. The fraction of sp³-hybridized carbons (Fsp3) is 0.605. The van der Waals surface area contributed by atoms with Gasteiger partial charge in [0.05, 0.1) is 18.2 Å². The molecule has 19 heteroatoms. The third kappa shape index (κ3) is 23.8. The number of aliphatic carboxylic acids is 3. The molecule has 4 atom stereocenters. The lowest BCUT2D eigenvalue weighted by Gasteiger charge is -2.18. The minimum atomic E-state index is -1.55. The second kappa shape index (κ2) is 28.8. The van der Waals surface area contributed by atoms with E-state index >= 15 is 0 Å². The Bertz CT molecular complexity index is 1470. The van der Waals surface area contributed by atoms with Crippen molar-refractivity contribution < 1.29 is 68.3 Å². The molecule has 1 aromatic rings. The largest absolute Gasteiger partial charge is 0.494 e. The number of hydrogen-bond acceptors (Lipinski definition) is 11. The van der Waals surface area contributed by atoms with Crippen molar-refractivity contribution in [2.75, 3.05) is 13.2 Å². The van der Waals surface area contributed by atoms with Crippen LogP contribution in [0, 0.1) is 0 Å². The fourth-order valence-electron chi connectivity index (χ4n) is 5.42. The first-order valence-corrected chi connectivity index (χ1v) is 19.1. The predicted octanol–water partition coefficient (Wildman–Crippen LogP) is 1.66. The highest BCUT2D eigenvalue weighted by Gasteiger charge is 2.26. The van der Waals surface area contributed by atoms with Gasteiger partial charge in [-0.15, -0.1) is 0 Å². The smallest absolute Gasteiger partial charge is 0.335 e. The van der Waals surface area contributed by atoms with E-state index in [9.17, 15) is 58.5 Å². The van der Waals surface area contributed by atoms with E-state index in [0.29, 0.717) is 38.0 Å². The lowest BCUT2D eigenvalue weighted by molar-refractivity contribution is -0.144. The van der Waals surface area contributed by atoms with Gasteiger partial charge in [0.15, 0.2) is 0 Å². The van der Waals surface area contributed by atoms with E-state index in [4.69, 9.17) is 15.6 Å². The zero-order valence-corrected chi connectivity index (χ0v) is 32.0. The summed E-state index contributed by atoms with van der Waals surface area (Å²) in [6.45, 7) is 0.784. The number of carbonyl (C=O) groups excluding carboxylic acids is 5. The number of nitrogens with one attached hydrogen (secondary N) is 4. The van der Waals surface area contributed by atoms with Crippen LogP contribution in [-0.2, 0) is 38.4 Å². The number of benzene rings is 1. The molecule has 57 heavy (non-hydrogen) atoms. The lowest BCUT2D eigenvalue weighted by Crippen LogP contribution is -2.45. The van der Waals surface area contributed by atoms with Gasteiger partial charge in [-0.3, -0.25) is 24.0 Å². The van der Waals surface area contributed by atoms with Crippen molar-refractivity contribution in [1.82, 2.24) is 21.3 Å². The summed E-state index contributed by atoms with van der Waals surface area (Å²) in [5.74, 6) is -7.27. The number of unbranched alkanes of at least 4 members (excludes halogenated alkanes) is 7. The lowest BCUT2D eigenvalue weighted by atomic mass is 10.1. The molecule has 0 aromatic heterocycles. The Morgan fingerprint density at radius 3 is 1.46 bits per heavy atom. The quantitative estimate of drug-likeness (QED) is 0.0456. The van der Waals surface area contributed by atoms with Crippen LogP contribution in [0.4, 0.5) is 0 Å². The standard InChI is InChI=1S/C38H56N5O14/c39-26(24-44)10-7-8-22-40-31(45)19-16-28(36(51)52)42-33(47)21-18-30(38(55)56)43-34(48)20-17-29(37(53)54)41-32(46)11-6-4-2-1-3-5-9-23-57-27-14-12-25(13-15-27)35(49)50/h12-15,26,28-30H,1-11,16-23,39H2,(H,40,45)(H,41,46)(H,42,47)(H,43,48)(H,49,50)(H,51,52)(H,53,54)(H,55,56)/t26-,28-,29-,30?/m0/s1. The number of nitrogens with two attached hydrogens (primary N) is 1. The van der Waals surface area contributed by atoms with Gasteiger partial charge in [-0.25, -0.2) is 19.2 Å². The maximum atomic E-state index is 12.5. The molecule has 10 N–H and O–H groups in total. The van der Waals surface area contributed by atoms with Gasteiger partial charge in [0.25, 0.3) is 0 Å². The van der Waals surface area contributed by atoms with E-state index in [2.05, 4.69) is 21.3 Å². The van der Waals surface area contributed by atoms with Gasteiger partial charge in [0.2, 0.25) is 29.9 Å². The van der Waals surface area contributed by atoms with Gasteiger partial charge in [0, 0.05) is 32.2 Å². The second-order valence-corrected chi connectivity index (χ2v) is 13.5. The SMILES string of the molecule is N[C@H]([C]=O)CCCCNC(=O)CC[C@H](NC(=O)CCC(NC(=O)CC[C@H](NC(=O)CCCCCCCCCOc1ccc(C(=O)O)cc1)C(=O)O)C(=O)O)C(=O)O. The monoisotopic (exact) mass is 806 g/mol. The molecule has 1 aromatic carbocycles. The van der Waals surface area contributed by atoms with Crippen molar-refractivity contribution in [2.24, 2.45) is 5.73 Å². The zero-order chi connectivity index (χ0) is 42.6. The number of hydrogen-bond donors (Lipinski definition) is 9. The molecular formula is C38H56N5O14. The number of carboxylic acids is 4. The maximum Gasteiger partial charge on any atom is 0.335 e. The van der Waals surface area contributed by atoms with Gasteiger partial charge < -0.3 is 52.2 Å². The van der Waals surface area contributed by atoms with Crippen LogP contribution in [0.2, 0.25) is 0 Å². The van der Waals surface area contributed by atoms with Crippen molar-refractivity contribution in [3.63, 3.8) is 0 Å². The molecule has 0 fully saturated rings. The van der Waals surface area contributed by atoms with E-state index in [-0.39, 0.29) is 37.8 Å². The van der Waals surface area contributed by atoms with Crippen LogP contribution in [0.1, 0.15) is 120 Å². The number of ether oxygens (including phenoxy) is 1. The summed E-state index contributed by atoms with van der Waals surface area (Å²) < 4.78 is 5.61. The highest BCUT2D eigenvalue weighted by atomic mass is 16.5. The van der Waals surface area contributed by atoms with Crippen molar-refractivity contribution >= 4 is 53.8 Å². The van der Waals surface area contributed by atoms with Crippen molar-refractivity contribution in [1.29, 1.82) is 0 Å². The maximum absolute atomic E-state index is 12.5. The highest BCUT2D eigenvalue weighted by Crippen LogP contribution is 2.14. The van der Waals surface area contributed by atoms with Crippen LogP contribution < -0.4 is 31.7 Å². The molecule has 0 saturated carbocycles. The summed E-state index contributed by atoms with van der Waals surface area (Å²) in [7, 11) is 0. The van der Waals surface area contributed by atoms with Gasteiger partial charge in [-0.05, 0) is 75.6 Å². The number of carbonyl (C=O) groups is 8. The average Bonchev–Trinajstić information content (AvgIpc) is 3.16. The van der Waals surface area contributed by atoms with E-state index < -0.39 is 90.9 Å². The van der Waals surface area contributed by atoms with E-state index in [1.807, 2.05) is 0 Å².